The zero-order valence-corrected chi connectivity index (χ0v) is 23.3. The predicted molar refractivity (Wildman–Crippen MR) is 130 cm³/mol. The van der Waals surface area contributed by atoms with Crippen LogP contribution in [0.3, 0.4) is 0 Å². The van der Waals surface area contributed by atoms with Crippen LogP contribution in [0.1, 0.15) is 23.5 Å². The molecule has 1 fully saturated rings. The molecule has 0 aliphatic carbocycles. The van der Waals surface area contributed by atoms with Gasteiger partial charge in [0.25, 0.3) is 0 Å². The van der Waals surface area contributed by atoms with E-state index in [1.54, 1.807) is 48.5 Å². The summed E-state index contributed by atoms with van der Waals surface area (Å²) < 4.78 is 47.7. The number of rotatable bonds is 8. The molecule has 10 nitrogen and oxygen atoms in total. The number of halogens is 2. The van der Waals surface area contributed by atoms with E-state index in [-0.39, 0.29) is 11.4 Å². The zero-order chi connectivity index (χ0) is 27.3. The Kier molecular flexibility index (Phi) is 8.58. The number of hydrogen-bond acceptors (Lipinski definition) is 8. The van der Waals surface area contributed by atoms with Gasteiger partial charge < -0.3 is 0 Å². The standard InChI is InChI=1S/C19H16F2N3O7.C6H5.Bi/c1-11(26)22-14-7-8-24(18(28)23-14)17-19(20,21)15(30-10-25)13(31-17)9-29-16(27)12-5-3-2-4-6-12;1-2-4-6-5-3-1;/h2-8,13,15,17H,9H2,1H3,(H,22,23,26,28);1-5H;/t13-,15?,17-;;/m1../s1. The molecule has 1 aromatic heterocycles. The second-order valence-corrected chi connectivity index (χ2v) is 12.4. The van der Waals surface area contributed by atoms with Gasteiger partial charge in [0.1, 0.15) is 0 Å². The fourth-order valence-corrected chi connectivity index (χ4v) is 6.36. The molecule has 4 rings (SSSR count). The molecule has 2 heterocycles. The Bertz CT molecular complexity index is 1370. The maximum absolute atomic E-state index is 15.7. The summed E-state index contributed by atoms with van der Waals surface area (Å²) in [7, 11) is 0. The van der Waals surface area contributed by atoms with Crippen molar-refractivity contribution in [2.45, 2.75) is 31.3 Å². The molecular formula is C25H21BiF2N3O7. The van der Waals surface area contributed by atoms with Gasteiger partial charge in [-0.05, 0) is 0 Å². The summed E-state index contributed by atoms with van der Waals surface area (Å²) in [6.45, 7) is 0.531. The second kappa shape index (κ2) is 11.9. The van der Waals surface area contributed by atoms with Gasteiger partial charge in [-0.15, -0.1) is 0 Å². The summed E-state index contributed by atoms with van der Waals surface area (Å²) >= 11 is -2.18. The molecule has 13 heteroatoms. The van der Waals surface area contributed by atoms with E-state index in [4.69, 9.17) is 14.2 Å². The number of esters is 1. The van der Waals surface area contributed by atoms with Gasteiger partial charge in [0.05, 0.1) is 0 Å². The number of nitrogens with zero attached hydrogens (tertiary/aromatic N) is 2. The molecule has 0 saturated carbocycles. The first-order chi connectivity index (χ1) is 18.1. The van der Waals surface area contributed by atoms with Gasteiger partial charge in [-0.3, -0.25) is 0 Å². The number of alkyl halides is 2. The van der Waals surface area contributed by atoms with Crippen LogP contribution in [0, 0.1) is 0 Å². The maximum atomic E-state index is 15.7. The minimum atomic E-state index is -3.89. The summed E-state index contributed by atoms with van der Waals surface area (Å²) in [5.74, 6) is -5.32. The Morgan fingerprint density at radius 1 is 1.08 bits per heavy atom. The van der Waals surface area contributed by atoms with Gasteiger partial charge in [0, 0.05) is 0 Å². The van der Waals surface area contributed by atoms with E-state index >= 15 is 8.78 Å². The van der Waals surface area contributed by atoms with Crippen LogP contribution in [0.2, 0.25) is 0 Å². The summed E-state index contributed by atoms with van der Waals surface area (Å²) in [4.78, 5) is 52.4. The average Bonchev–Trinajstić information content (AvgIpc) is 3.12. The third-order valence-electron chi connectivity index (χ3n) is 5.33. The average molecular weight is 722 g/mol. The van der Waals surface area contributed by atoms with E-state index in [2.05, 4.69) is 10.3 Å². The van der Waals surface area contributed by atoms with E-state index in [1.165, 1.54) is 19.1 Å². The summed E-state index contributed by atoms with van der Waals surface area (Å²) in [6.07, 6.45) is -4.95. The number of hydrogen-bond donors (Lipinski definition) is 1. The van der Waals surface area contributed by atoms with Crippen molar-refractivity contribution in [3.63, 3.8) is 0 Å². The minimum absolute atomic E-state index is 0.132. The normalized spacial score (nSPS) is 19.9. The van der Waals surface area contributed by atoms with Gasteiger partial charge >= 0.3 is 227 Å². The third kappa shape index (κ3) is 6.46. The Morgan fingerprint density at radius 3 is 2.37 bits per heavy atom. The van der Waals surface area contributed by atoms with E-state index in [0.29, 0.717) is 4.57 Å². The molecule has 0 bridgehead atoms. The Balaban J connectivity index is 1.58. The van der Waals surface area contributed by atoms with Crippen molar-refractivity contribution in [1.82, 2.24) is 9.55 Å². The van der Waals surface area contributed by atoms with Crippen molar-refractivity contribution < 1.29 is 37.4 Å². The third-order valence-corrected chi connectivity index (χ3v) is 8.61. The quantitative estimate of drug-likeness (QED) is 0.277. The van der Waals surface area contributed by atoms with Gasteiger partial charge in [0.15, 0.2) is 0 Å². The summed E-state index contributed by atoms with van der Waals surface area (Å²) in [6, 6.07) is 17.7. The molecule has 1 unspecified atom stereocenters. The zero-order valence-electron chi connectivity index (χ0n) is 19.8. The molecule has 1 saturated heterocycles. The number of carbonyl (C=O) groups excluding carboxylic acids is 3. The Hall–Kier alpha value is -3.57. The first-order valence-electron chi connectivity index (χ1n) is 11.2. The molecule has 197 valence electrons. The van der Waals surface area contributed by atoms with E-state index in [9.17, 15) is 19.2 Å². The van der Waals surface area contributed by atoms with Crippen LogP contribution in [0.15, 0.2) is 77.7 Å². The number of nitrogens with one attached hydrogen (secondary N) is 1. The second-order valence-electron chi connectivity index (χ2n) is 8.10. The van der Waals surface area contributed by atoms with Crippen molar-refractivity contribution in [1.29, 1.82) is 0 Å². The van der Waals surface area contributed by atoms with Gasteiger partial charge in [-0.1, -0.05) is 0 Å². The van der Waals surface area contributed by atoms with Gasteiger partial charge in [-0.25, -0.2) is 0 Å². The van der Waals surface area contributed by atoms with Crippen molar-refractivity contribution in [2.75, 3.05) is 11.9 Å². The van der Waals surface area contributed by atoms with Crippen LogP contribution in [0.4, 0.5) is 19.4 Å². The van der Waals surface area contributed by atoms with Gasteiger partial charge in [0.2, 0.25) is 0 Å². The molecule has 0 spiro atoms. The first kappa shape index (κ1) is 27.5. The van der Waals surface area contributed by atoms with Crippen molar-refractivity contribution in [3.8, 4) is 0 Å². The fourth-order valence-electron chi connectivity index (χ4n) is 3.65. The molecule has 1 N–H and O–H groups in total. The van der Waals surface area contributed by atoms with Gasteiger partial charge in [-0.2, -0.15) is 0 Å². The van der Waals surface area contributed by atoms with Crippen LogP contribution in [-0.2, 0) is 19.0 Å². The molecule has 1 aliphatic rings. The van der Waals surface area contributed by atoms with E-state index in [1.807, 2.05) is 0 Å². The number of ether oxygens (including phenoxy) is 3. The molecule has 1 radical (unpaired) electrons. The SMILES string of the molecule is CC(=O)Nc1ccn([C@@H]2O[C@H](COC(=O)c3ccccc3)C(O[C](=O)[Bi][c]3ccccc3)C2(F)F)c(=O)n1. The van der Waals surface area contributed by atoms with Crippen LogP contribution in [0.5, 0.6) is 0 Å². The predicted octanol–water partition coefficient (Wildman–Crippen LogP) is 2.13. The van der Waals surface area contributed by atoms with E-state index < -0.39 is 75.4 Å². The van der Waals surface area contributed by atoms with Crippen LogP contribution in [0.25, 0.3) is 0 Å². The number of aromatic nitrogens is 2. The van der Waals surface area contributed by atoms with Crippen molar-refractivity contribution in [3.05, 3.63) is 89.0 Å². The van der Waals surface area contributed by atoms with Crippen LogP contribution >= 0.6 is 0 Å². The molecular weight excluding hydrogens is 701 g/mol. The summed E-state index contributed by atoms with van der Waals surface area (Å²) in [5, 5.41) is 2.29. The van der Waals surface area contributed by atoms with Crippen LogP contribution in [-0.4, -0.2) is 73.1 Å². The first-order valence-corrected chi connectivity index (χ1v) is 14.7. The molecule has 38 heavy (non-hydrogen) atoms. The number of anilines is 1. The molecule has 1 amide bonds. The molecule has 3 aromatic rings. The molecule has 3 atom stereocenters. The number of carbonyl (C=O) groups is 3. The van der Waals surface area contributed by atoms with Crippen molar-refractivity contribution in [2.24, 2.45) is 0 Å². The molecule has 2 aromatic carbocycles. The topological polar surface area (TPSA) is 126 Å². The fraction of sp³-hybridized carbons (Fsp3) is 0.240. The Labute approximate surface area is 226 Å². The van der Waals surface area contributed by atoms with Crippen molar-refractivity contribution >= 4 is 47.9 Å². The monoisotopic (exact) mass is 722 g/mol. The Morgan fingerprint density at radius 2 is 1.74 bits per heavy atom. The number of amides is 1. The van der Waals surface area contributed by atoms with Crippen LogP contribution < -0.4 is 14.3 Å². The number of benzene rings is 2. The summed E-state index contributed by atoms with van der Waals surface area (Å²) in [5.41, 5.74) is -0.940. The van der Waals surface area contributed by atoms with E-state index in [0.717, 1.165) is 15.5 Å². The molecule has 1 aliphatic heterocycles.